The Morgan fingerprint density at radius 3 is 1.67 bits per heavy atom. The smallest absolute Gasteiger partial charge is 0.00617 e. The van der Waals surface area contributed by atoms with Crippen LogP contribution in [0.15, 0.2) is 12.2 Å². The predicted octanol–water partition coefficient (Wildman–Crippen LogP) is 5.87. The van der Waals surface area contributed by atoms with Gasteiger partial charge in [0.15, 0.2) is 0 Å². The molecule has 3 aliphatic rings. The van der Waals surface area contributed by atoms with Gasteiger partial charge in [0.1, 0.15) is 0 Å². The normalized spacial score (nSPS) is 30.4. The maximum Gasteiger partial charge on any atom is -0.00617 e. The van der Waals surface area contributed by atoms with E-state index >= 15 is 0 Å². The van der Waals surface area contributed by atoms with E-state index in [1.807, 2.05) is 0 Å². The van der Waals surface area contributed by atoms with E-state index < -0.39 is 0 Å². The van der Waals surface area contributed by atoms with Crippen molar-refractivity contribution >= 4 is 0 Å². The summed E-state index contributed by atoms with van der Waals surface area (Å²) in [5.74, 6) is 2.07. The van der Waals surface area contributed by atoms with Gasteiger partial charge in [-0.05, 0) is 62.2 Å². The zero-order valence-electron chi connectivity index (χ0n) is 12.0. The molecule has 3 aliphatic carbocycles. The van der Waals surface area contributed by atoms with Crippen LogP contribution in [0.2, 0.25) is 0 Å². The molecule has 0 unspecified atom stereocenters. The lowest BCUT2D eigenvalue weighted by molar-refractivity contribution is 0.0542. The van der Waals surface area contributed by atoms with E-state index in [4.69, 9.17) is 0 Å². The second-order valence-corrected chi connectivity index (χ2v) is 7.08. The van der Waals surface area contributed by atoms with Gasteiger partial charge in [-0.25, -0.2) is 0 Å². The number of allylic oxidation sites excluding steroid dienone is 2. The average Bonchev–Trinajstić information content (AvgIpc) is 2.50. The SMILES string of the molecule is C1=CC(C2CCCCC2)(C2CCCCC2)CCC1. The fourth-order valence-electron chi connectivity index (χ4n) is 5.21. The molecular formula is C18H30. The maximum absolute atomic E-state index is 2.71. The molecule has 0 amide bonds. The van der Waals surface area contributed by atoms with Crippen LogP contribution in [0.5, 0.6) is 0 Å². The van der Waals surface area contributed by atoms with Crippen LogP contribution in [-0.4, -0.2) is 0 Å². The molecule has 18 heavy (non-hydrogen) atoms. The highest BCUT2D eigenvalue weighted by Gasteiger charge is 2.43. The Bertz CT molecular complexity index is 258. The topological polar surface area (TPSA) is 0 Å². The third-order valence-electron chi connectivity index (χ3n) is 6.14. The van der Waals surface area contributed by atoms with Crippen molar-refractivity contribution in [2.45, 2.75) is 83.5 Å². The van der Waals surface area contributed by atoms with E-state index in [1.54, 1.807) is 0 Å². The van der Waals surface area contributed by atoms with Gasteiger partial charge in [-0.1, -0.05) is 50.7 Å². The molecule has 0 aliphatic heterocycles. The van der Waals surface area contributed by atoms with Gasteiger partial charge in [0.05, 0.1) is 0 Å². The van der Waals surface area contributed by atoms with E-state index in [0.29, 0.717) is 5.41 Å². The van der Waals surface area contributed by atoms with E-state index in [1.165, 1.54) is 83.5 Å². The number of rotatable bonds is 2. The summed E-state index contributed by atoms with van der Waals surface area (Å²) >= 11 is 0. The fourth-order valence-corrected chi connectivity index (χ4v) is 5.21. The molecule has 0 saturated heterocycles. The monoisotopic (exact) mass is 246 g/mol. The minimum Gasteiger partial charge on any atom is -0.0880 e. The Kier molecular flexibility index (Phi) is 4.11. The number of hydrogen-bond donors (Lipinski definition) is 0. The molecule has 0 aromatic rings. The highest BCUT2D eigenvalue weighted by Crippen LogP contribution is 2.54. The third-order valence-corrected chi connectivity index (χ3v) is 6.14. The minimum atomic E-state index is 0.638. The van der Waals surface area contributed by atoms with Crippen molar-refractivity contribution in [1.82, 2.24) is 0 Å². The second kappa shape index (κ2) is 5.80. The predicted molar refractivity (Wildman–Crippen MR) is 78.6 cm³/mol. The summed E-state index contributed by atoms with van der Waals surface area (Å²) < 4.78 is 0. The molecule has 0 aromatic carbocycles. The Morgan fingerprint density at radius 2 is 1.22 bits per heavy atom. The molecule has 102 valence electrons. The third kappa shape index (κ3) is 2.40. The van der Waals surface area contributed by atoms with Crippen molar-refractivity contribution in [1.29, 1.82) is 0 Å². The molecule has 3 rings (SSSR count). The van der Waals surface area contributed by atoms with Crippen LogP contribution in [0.3, 0.4) is 0 Å². The van der Waals surface area contributed by atoms with Crippen molar-refractivity contribution in [2.75, 3.05) is 0 Å². The molecule has 0 spiro atoms. The Balaban J connectivity index is 1.81. The molecule has 0 bridgehead atoms. The van der Waals surface area contributed by atoms with Crippen LogP contribution < -0.4 is 0 Å². The van der Waals surface area contributed by atoms with Gasteiger partial charge in [-0.3, -0.25) is 0 Å². The molecule has 0 atom stereocenters. The van der Waals surface area contributed by atoms with E-state index in [-0.39, 0.29) is 0 Å². The summed E-state index contributed by atoms with van der Waals surface area (Å²) in [6.07, 6.45) is 24.7. The summed E-state index contributed by atoms with van der Waals surface area (Å²) in [4.78, 5) is 0. The highest BCUT2D eigenvalue weighted by molar-refractivity contribution is 5.10. The van der Waals surface area contributed by atoms with E-state index in [0.717, 1.165) is 11.8 Å². The molecule has 0 heteroatoms. The zero-order valence-corrected chi connectivity index (χ0v) is 12.0. The largest absolute Gasteiger partial charge is 0.0880 e. The first-order valence-electron chi connectivity index (χ1n) is 8.59. The molecule has 0 nitrogen and oxygen atoms in total. The first kappa shape index (κ1) is 12.8. The lowest BCUT2D eigenvalue weighted by atomic mass is 9.56. The fraction of sp³-hybridized carbons (Fsp3) is 0.889. The van der Waals surface area contributed by atoms with E-state index in [9.17, 15) is 0 Å². The molecule has 0 heterocycles. The molecular weight excluding hydrogens is 216 g/mol. The first-order chi connectivity index (χ1) is 8.92. The van der Waals surface area contributed by atoms with Crippen LogP contribution in [0.1, 0.15) is 83.5 Å². The maximum atomic E-state index is 2.71. The number of hydrogen-bond acceptors (Lipinski definition) is 0. The van der Waals surface area contributed by atoms with Gasteiger partial charge in [0.2, 0.25) is 0 Å². The summed E-state index contributed by atoms with van der Waals surface area (Å²) in [7, 11) is 0. The average molecular weight is 246 g/mol. The van der Waals surface area contributed by atoms with Crippen molar-refractivity contribution in [3.05, 3.63) is 12.2 Å². The van der Waals surface area contributed by atoms with Crippen LogP contribution in [0.4, 0.5) is 0 Å². The summed E-state index contributed by atoms with van der Waals surface area (Å²) in [6.45, 7) is 0. The zero-order chi connectivity index (χ0) is 12.3. The second-order valence-electron chi connectivity index (χ2n) is 7.08. The minimum absolute atomic E-state index is 0.638. The molecule has 2 fully saturated rings. The summed E-state index contributed by atoms with van der Waals surface area (Å²) in [5.41, 5.74) is 0.638. The van der Waals surface area contributed by atoms with Gasteiger partial charge in [-0.15, -0.1) is 0 Å². The Labute approximate surface area is 113 Å². The first-order valence-corrected chi connectivity index (χ1v) is 8.59. The highest BCUT2D eigenvalue weighted by atomic mass is 14.5. The van der Waals surface area contributed by atoms with Gasteiger partial charge in [0, 0.05) is 0 Å². The quantitative estimate of drug-likeness (QED) is 0.534. The lowest BCUT2D eigenvalue weighted by Gasteiger charge is -2.49. The van der Waals surface area contributed by atoms with Crippen molar-refractivity contribution < 1.29 is 0 Å². The standard InChI is InChI=1S/C18H30/c1-4-10-16(11-5-1)18(14-8-3-9-15-18)17-12-6-2-7-13-17/h8,14,16-17H,1-7,9-13,15H2. The van der Waals surface area contributed by atoms with Crippen LogP contribution >= 0.6 is 0 Å². The van der Waals surface area contributed by atoms with Gasteiger partial charge in [-0.2, -0.15) is 0 Å². The van der Waals surface area contributed by atoms with Crippen molar-refractivity contribution in [3.63, 3.8) is 0 Å². The van der Waals surface area contributed by atoms with Crippen LogP contribution in [0, 0.1) is 17.3 Å². The summed E-state index contributed by atoms with van der Waals surface area (Å²) in [6, 6.07) is 0. The molecule has 0 N–H and O–H groups in total. The van der Waals surface area contributed by atoms with Crippen LogP contribution in [0.25, 0.3) is 0 Å². The molecule has 0 radical (unpaired) electrons. The van der Waals surface area contributed by atoms with Gasteiger partial charge >= 0.3 is 0 Å². The van der Waals surface area contributed by atoms with E-state index in [2.05, 4.69) is 12.2 Å². The van der Waals surface area contributed by atoms with Crippen molar-refractivity contribution in [3.8, 4) is 0 Å². The molecule has 2 saturated carbocycles. The van der Waals surface area contributed by atoms with Crippen LogP contribution in [-0.2, 0) is 0 Å². The lowest BCUT2D eigenvalue weighted by Crippen LogP contribution is -2.39. The Morgan fingerprint density at radius 1 is 0.667 bits per heavy atom. The molecule has 0 aromatic heterocycles. The van der Waals surface area contributed by atoms with Gasteiger partial charge < -0.3 is 0 Å². The Hall–Kier alpha value is -0.260. The van der Waals surface area contributed by atoms with Crippen molar-refractivity contribution in [2.24, 2.45) is 17.3 Å². The van der Waals surface area contributed by atoms with Gasteiger partial charge in [0.25, 0.3) is 0 Å². The summed E-state index contributed by atoms with van der Waals surface area (Å²) in [5, 5.41) is 0.